The highest BCUT2D eigenvalue weighted by atomic mass is 16.5. The normalized spacial score (nSPS) is 10.4. The number of ether oxygens (including phenoxy) is 1. The van der Waals surface area contributed by atoms with E-state index in [1.54, 1.807) is 19.5 Å². The summed E-state index contributed by atoms with van der Waals surface area (Å²) in [6, 6.07) is 11.4. The molecule has 2 aromatic heterocycles. The highest BCUT2D eigenvalue weighted by Crippen LogP contribution is 2.23. The van der Waals surface area contributed by atoms with Crippen molar-refractivity contribution >= 4 is 22.4 Å². The van der Waals surface area contributed by atoms with Gasteiger partial charge < -0.3 is 10.1 Å². The van der Waals surface area contributed by atoms with Crippen LogP contribution in [0.4, 0.5) is 11.4 Å². The van der Waals surface area contributed by atoms with E-state index in [1.165, 1.54) is 0 Å². The van der Waals surface area contributed by atoms with E-state index in [0.29, 0.717) is 0 Å². The molecule has 0 saturated carbocycles. The third kappa shape index (κ3) is 2.30. The first kappa shape index (κ1) is 11.4. The zero-order valence-electron chi connectivity index (χ0n) is 10.4. The summed E-state index contributed by atoms with van der Waals surface area (Å²) in [5.41, 5.74) is 3.34. The van der Waals surface area contributed by atoms with Gasteiger partial charge in [-0.15, -0.1) is 5.10 Å². The first-order valence-corrected chi connectivity index (χ1v) is 5.84. The Morgan fingerprint density at radius 3 is 2.74 bits per heavy atom. The fourth-order valence-corrected chi connectivity index (χ4v) is 1.82. The van der Waals surface area contributed by atoms with Crippen molar-refractivity contribution in [1.82, 2.24) is 15.2 Å². The van der Waals surface area contributed by atoms with E-state index in [9.17, 15) is 0 Å². The SMILES string of the molecule is COc1ccc(Nc2cnnc3cccnc23)cc1. The fourth-order valence-electron chi connectivity index (χ4n) is 1.82. The molecular formula is C14H12N4O. The Balaban J connectivity index is 1.96. The average Bonchev–Trinajstić information content (AvgIpc) is 2.48. The lowest BCUT2D eigenvalue weighted by Gasteiger charge is -2.08. The number of aromatic nitrogens is 3. The van der Waals surface area contributed by atoms with Gasteiger partial charge in [0, 0.05) is 11.9 Å². The predicted molar refractivity (Wildman–Crippen MR) is 73.6 cm³/mol. The van der Waals surface area contributed by atoms with Crippen LogP contribution in [-0.2, 0) is 0 Å². The molecule has 0 atom stereocenters. The molecule has 0 unspecified atom stereocenters. The van der Waals surface area contributed by atoms with Gasteiger partial charge >= 0.3 is 0 Å². The minimum absolute atomic E-state index is 0.765. The number of hydrogen-bond acceptors (Lipinski definition) is 5. The van der Waals surface area contributed by atoms with Crippen molar-refractivity contribution in [2.75, 3.05) is 12.4 Å². The zero-order chi connectivity index (χ0) is 13.1. The number of pyridine rings is 1. The Morgan fingerprint density at radius 1 is 1.11 bits per heavy atom. The Hall–Kier alpha value is -2.69. The Kier molecular flexibility index (Phi) is 2.94. The summed E-state index contributed by atoms with van der Waals surface area (Å²) in [4.78, 5) is 4.32. The summed E-state index contributed by atoms with van der Waals surface area (Å²) < 4.78 is 5.13. The van der Waals surface area contributed by atoms with Crippen LogP contribution < -0.4 is 10.1 Å². The molecule has 0 amide bonds. The second kappa shape index (κ2) is 4.89. The van der Waals surface area contributed by atoms with E-state index in [1.807, 2.05) is 36.4 Å². The number of nitrogens with zero attached hydrogens (tertiary/aromatic N) is 3. The van der Waals surface area contributed by atoms with Gasteiger partial charge in [0.15, 0.2) is 0 Å². The molecule has 0 fully saturated rings. The summed E-state index contributed by atoms with van der Waals surface area (Å²) in [6.45, 7) is 0. The lowest BCUT2D eigenvalue weighted by molar-refractivity contribution is 0.415. The van der Waals surface area contributed by atoms with E-state index >= 15 is 0 Å². The van der Waals surface area contributed by atoms with Crippen molar-refractivity contribution in [3.63, 3.8) is 0 Å². The molecule has 1 N–H and O–H groups in total. The maximum Gasteiger partial charge on any atom is 0.119 e. The lowest BCUT2D eigenvalue weighted by atomic mass is 10.2. The second-order valence-corrected chi connectivity index (χ2v) is 3.98. The second-order valence-electron chi connectivity index (χ2n) is 3.98. The van der Waals surface area contributed by atoms with Gasteiger partial charge in [-0.05, 0) is 36.4 Å². The Morgan fingerprint density at radius 2 is 1.95 bits per heavy atom. The third-order valence-electron chi connectivity index (χ3n) is 2.76. The van der Waals surface area contributed by atoms with Gasteiger partial charge in [0.05, 0.1) is 19.0 Å². The minimum atomic E-state index is 0.765. The molecule has 19 heavy (non-hydrogen) atoms. The summed E-state index contributed by atoms with van der Waals surface area (Å²) in [7, 11) is 1.65. The summed E-state index contributed by atoms with van der Waals surface area (Å²) in [5.74, 6) is 0.821. The van der Waals surface area contributed by atoms with Gasteiger partial charge in [0.1, 0.15) is 16.8 Å². The quantitative estimate of drug-likeness (QED) is 0.776. The molecule has 5 nitrogen and oxygen atoms in total. The maximum atomic E-state index is 5.13. The number of nitrogens with one attached hydrogen (secondary N) is 1. The smallest absolute Gasteiger partial charge is 0.119 e. The number of benzene rings is 1. The van der Waals surface area contributed by atoms with Gasteiger partial charge in [-0.3, -0.25) is 4.98 Å². The molecule has 5 heteroatoms. The monoisotopic (exact) mass is 252 g/mol. The van der Waals surface area contributed by atoms with E-state index in [4.69, 9.17) is 4.74 Å². The van der Waals surface area contributed by atoms with Crippen molar-refractivity contribution in [3.8, 4) is 5.75 Å². The van der Waals surface area contributed by atoms with Gasteiger partial charge in [-0.2, -0.15) is 5.10 Å². The fraction of sp³-hybridized carbons (Fsp3) is 0.0714. The van der Waals surface area contributed by atoms with Crippen molar-refractivity contribution < 1.29 is 4.74 Å². The average molecular weight is 252 g/mol. The zero-order valence-corrected chi connectivity index (χ0v) is 10.4. The summed E-state index contributed by atoms with van der Waals surface area (Å²) in [6.07, 6.45) is 3.41. The van der Waals surface area contributed by atoms with Crippen LogP contribution in [0.3, 0.4) is 0 Å². The van der Waals surface area contributed by atoms with Gasteiger partial charge in [0.25, 0.3) is 0 Å². The van der Waals surface area contributed by atoms with Crippen LogP contribution in [0.2, 0.25) is 0 Å². The molecule has 3 aromatic rings. The summed E-state index contributed by atoms with van der Waals surface area (Å²) >= 11 is 0. The highest BCUT2D eigenvalue weighted by Gasteiger charge is 2.04. The van der Waals surface area contributed by atoms with E-state index in [2.05, 4.69) is 20.5 Å². The van der Waals surface area contributed by atoms with Crippen LogP contribution in [0.15, 0.2) is 48.8 Å². The largest absolute Gasteiger partial charge is 0.497 e. The molecule has 0 aliphatic rings. The molecule has 0 bridgehead atoms. The summed E-state index contributed by atoms with van der Waals surface area (Å²) in [5, 5.41) is 11.3. The number of fused-ring (bicyclic) bond motifs is 1. The van der Waals surface area contributed by atoms with Gasteiger partial charge in [-0.25, -0.2) is 0 Å². The van der Waals surface area contributed by atoms with E-state index < -0.39 is 0 Å². The number of anilines is 2. The molecular weight excluding hydrogens is 240 g/mol. The first-order chi connectivity index (χ1) is 9.36. The van der Waals surface area contributed by atoms with Crippen molar-refractivity contribution in [2.45, 2.75) is 0 Å². The maximum absolute atomic E-state index is 5.13. The third-order valence-corrected chi connectivity index (χ3v) is 2.76. The lowest BCUT2D eigenvalue weighted by Crippen LogP contribution is -1.96. The Labute approximate surface area is 110 Å². The van der Waals surface area contributed by atoms with Crippen molar-refractivity contribution in [3.05, 3.63) is 48.8 Å². The van der Waals surface area contributed by atoms with E-state index in [-0.39, 0.29) is 0 Å². The standard InChI is InChI=1S/C14H12N4O/c1-19-11-6-4-10(5-7-11)17-13-9-16-18-12-3-2-8-15-14(12)13/h2-9H,1H3,(H,17,18). The molecule has 0 aliphatic heterocycles. The van der Waals surface area contributed by atoms with Crippen LogP contribution in [-0.4, -0.2) is 22.3 Å². The Bertz CT molecular complexity index is 692. The van der Waals surface area contributed by atoms with Crippen LogP contribution in [0.5, 0.6) is 5.75 Å². The highest BCUT2D eigenvalue weighted by molar-refractivity contribution is 5.88. The molecule has 0 saturated heterocycles. The molecule has 3 rings (SSSR count). The first-order valence-electron chi connectivity index (χ1n) is 5.84. The van der Waals surface area contributed by atoms with Crippen LogP contribution >= 0.6 is 0 Å². The number of hydrogen-bond donors (Lipinski definition) is 1. The van der Waals surface area contributed by atoms with Crippen molar-refractivity contribution in [2.24, 2.45) is 0 Å². The molecule has 1 aromatic carbocycles. The van der Waals surface area contributed by atoms with Gasteiger partial charge in [-0.1, -0.05) is 0 Å². The minimum Gasteiger partial charge on any atom is -0.497 e. The van der Waals surface area contributed by atoms with Crippen LogP contribution in [0.25, 0.3) is 11.0 Å². The van der Waals surface area contributed by atoms with Crippen LogP contribution in [0.1, 0.15) is 0 Å². The predicted octanol–water partition coefficient (Wildman–Crippen LogP) is 2.78. The van der Waals surface area contributed by atoms with Gasteiger partial charge in [0.2, 0.25) is 0 Å². The van der Waals surface area contributed by atoms with Crippen LogP contribution in [0, 0.1) is 0 Å². The molecule has 0 aliphatic carbocycles. The topological polar surface area (TPSA) is 59.9 Å². The molecule has 2 heterocycles. The van der Waals surface area contributed by atoms with Crippen molar-refractivity contribution in [1.29, 1.82) is 0 Å². The molecule has 0 spiro atoms. The molecule has 0 radical (unpaired) electrons. The number of rotatable bonds is 3. The number of methoxy groups -OCH3 is 1. The molecule has 94 valence electrons. The van der Waals surface area contributed by atoms with E-state index in [0.717, 1.165) is 28.2 Å².